The van der Waals surface area contributed by atoms with Gasteiger partial charge in [0.05, 0.1) is 36.5 Å². The first kappa shape index (κ1) is 28.7. The van der Waals surface area contributed by atoms with Crippen LogP contribution in [-0.2, 0) is 21.8 Å². The van der Waals surface area contributed by atoms with Crippen LogP contribution in [0.4, 0.5) is 26.3 Å². The third kappa shape index (κ3) is 7.36. The lowest BCUT2D eigenvalue weighted by Crippen LogP contribution is -2.12. The Kier molecular flexibility index (Phi) is 9.48. The van der Waals surface area contributed by atoms with E-state index in [4.69, 9.17) is 0 Å². The second-order valence-electron chi connectivity index (χ2n) is 7.48. The number of methoxy groups -OCH3 is 2. The van der Waals surface area contributed by atoms with Gasteiger partial charge in [0.2, 0.25) is 0 Å². The van der Waals surface area contributed by atoms with E-state index in [1.165, 1.54) is 31.2 Å². The molecule has 0 atom stereocenters. The van der Waals surface area contributed by atoms with Gasteiger partial charge in [-0.3, -0.25) is 0 Å². The van der Waals surface area contributed by atoms with Crippen LogP contribution in [0.2, 0.25) is 0 Å². The van der Waals surface area contributed by atoms with Crippen molar-refractivity contribution in [2.75, 3.05) is 14.2 Å². The summed E-state index contributed by atoms with van der Waals surface area (Å²) in [6, 6.07) is 6.77. The average Bonchev–Trinajstić information content (AvgIpc) is 2.76. The second kappa shape index (κ2) is 11.2. The van der Waals surface area contributed by atoms with Crippen molar-refractivity contribution in [2.45, 2.75) is 39.0 Å². The van der Waals surface area contributed by atoms with Crippen LogP contribution in [0, 0.1) is 0 Å². The van der Waals surface area contributed by atoms with Crippen molar-refractivity contribution in [3.05, 3.63) is 76.4 Å². The number of alkyl halides is 6. The van der Waals surface area contributed by atoms with Gasteiger partial charge in [-0.05, 0) is 48.2 Å². The normalized spacial score (nSPS) is 11.4. The number of carbonyl (C=O) groups is 2. The monoisotopic (exact) mass is 490 g/mol. The Morgan fingerprint density at radius 3 is 1.56 bits per heavy atom. The van der Waals surface area contributed by atoms with Gasteiger partial charge in [0, 0.05) is 0 Å². The third-order valence-corrected chi connectivity index (χ3v) is 4.61. The fraction of sp³-hybridized carbons (Fsp3) is 0.333. The lowest BCUT2D eigenvalue weighted by atomic mass is 9.95. The van der Waals surface area contributed by atoms with E-state index in [-0.39, 0.29) is 33.7 Å². The minimum Gasteiger partial charge on any atom is -0.465 e. The summed E-state index contributed by atoms with van der Waals surface area (Å²) in [6.07, 6.45) is -9.00. The summed E-state index contributed by atoms with van der Waals surface area (Å²) in [5.41, 5.74) is -1.46. The molecule has 0 aliphatic heterocycles. The number of hydrogen-bond acceptors (Lipinski definition) is 4. The van der Waals surface area contributed by atoms with Gasteiger partial charge in [0.25, 0.3) is 0 Å². The third-order valence-electron chi connectivity index (χ3n) is 4.61. The molecule has 2 aromatic carbocycles. The number of rotatable bonds is 4. The average molecular weight is 490 g/mol. The lowest BCUT2D eigenvalue weighted by Gasteiger charge is -2.16. The van der Waals surface area contributed by atoms with E-state index in [1.807, 2.05) is 0 Å². The zero-order valence-corrected chi connectivity index (χ0v) is 19.1. The molecule has 0 saturated carbocycles. The van der Waals surface area contributed by atoms with Crippen LogP contribution in [0.25, 0.3) is 5.57 Å². The van der Waals surface area contributed by atoms with E-state index < -0.39 is 35.4 Å². The standard InChI is InChI=1S/C12H13F3O2.C12H11F3O2/c2*1-7(2)9-5-4-8(11(16)17-3)6-10(9)12(13,14)15/h4-7H,1-3H3;4-6H,1H2,2-3H3. The second-order valence-corrected chi connectivity index (χ2v) is 7.48. The summed E-state index contributed by atoms with van der Waals surface area (Å²) in [5.74, 6) is -1.84. The van der Waals surface area contributed by atoms with Crippen molar-refractivity contribution < 1.29 is 45.4 Å². The lowest BCUT2D eigenvalue weighted by molar-refractivity contribution is -0.139. The number of halogens is 6. The molecule has 34 heavy (non-hydrogen) atoms. The van der Waals surface area contributed by atoms with E-state index in [9.17, 15) is 35.9 Å². The fourth-order valence-corrected chi connectivity index (χ4v) is 2.95. The molecule has 0 amide bonds. The van der Waals surface area contributed by atoms with Crippen LogP contribution in [-0.4, -0.2) is 26.2 Å². The first-order valence-electron chi connectivity index (χ1n) is 9.79. The van der Waals surface area contributed by atoms with E-state index >= 15 is 0 Å². The Morgan fingerprint density at radius 1 is 0.794 bits per heavy atom. The van der Waals surface area contributed by atoms with Gasteiger partial charge in [0.1, 0.15) is 0 Å². The van der Waals surface area contributed by atoms with Gasteiger partial charge in [-0.25, -0.2) is 9.59 Å². The van der Waals surface area contributed by atoms with Crippen LogP contribution < -0.4 is 0 Å². The van der Waals surface area contributed by atoms with Crippen LogP contribution in [0.1, 0.15) is 69.7 Å². The summed E-state index contributed by atoms with van der Waals surface area (Å²) in [4.78, 5) is 22.3. The molecule has 2 aromatic rings. The summed E-state index contributed by atoms with van der Waals surface area (Å²) >= 11 is 0. The van der Waals surface area contributed by atoms with Crippen LogP contribution >= 0.6 is 0 Å². The molecular formula is C24H24F6O4. The van der Waals surface area contributed by atoms with E-state index in [0.717, 1.165) is 26.4 Å². The highest BCUT2D eigenvalue weighted by Gasteiger charge is 2.35. The first-order chi connectivity index (χ1) is 15.5. The molecular weight excluding hydrogens is 466 g/mol. The number of carbonyl (C=O) groups excluding carboxylic acids is 2. The van der Waals surface area contributed by atoms with Crippen molar-refractivity contribution >= 4 is 17.5 Å². The molecule has 186 valence electrons. The van der Waals surface area contributed by atoms with Crippen molar-refractivity contribution in [3.63, 3.8) is 0 Å². The Morgan fingerprint density at radius 2 is 1.21 bits per heavy atom. The maximum atomic E-state index is 12.8. The number of ether oxygens (including phenoxy) is 2. The summed E-state index contributed by atoms with van der Waals surface area (Å²) < 4.78 is 85.5. The molecule has 0 radical (unpaired) electrons. The molecule has 0 heterocycles. The van der Waals surface area contributed by atoms with E-state index in [0.29, 0.717) is 0 Å². The topological polar surface area (TPSA) is 52.6 Å². The highest BCUT2D eigenvalue weighted by molar-refractivity contribution is 5.90. The first-order valence-corrected chi connectivity index (χ1v) is 9.79. The SMILES string of the molecule is C=C(C)c1ccc(C(=O)OC)cc1C(F)(F)F.COC(=O)c1ccc(C(C)C)c(C(F)(F)F)c1. The number of benzene rings is 2. The molecule has 0 bridgehead atoms. The predicted octanol–water partition coefficient (Wildman–Crippen LogP) is 7.14. The Labute approximate surface area is 193 Å². The molecule has 0 fully saturated rings. The van der Waals surface area contributed by atoms with Gasteiger partial charge < -0.3 is 9.47 Å². The van der Waals surface area contributed by atoms with Gasteiger partial charge in [-0.1, -0.05) is 38.1 Å². The van der Waals surface area contributed by atoms with Crippen LogP contribution in [0.5, 0.6) is 0 Å². The zero-order chi connectivity index (χ0) is 26.4. The molecule has 0 unspecified atom stereocenters. The molecule has 2 rings (SSSR count). The molecule has 0 N–H and O–H groups in total. The maximum absolute atomic E-state index is 12.8. The molecule has 0 aliphatic carbocycles. The van der Waals surface area contributed by atoms with Gasteiger partial charge in [0.15, 0.2) is 0 Å². The Hall–Kier alpha value is -3.30. The van der Waals surface area contributed by atoms with Gasteiger partial charge >= 0.3 is 24.3 Å². The van der Waals surface area contributed by atoms with Crippen molar-refractivity contribution in [3.8, 4) is 0 Å². The minimum absolute atomic E-state index is 0.0230. The molecule has 0 aliphatic rings. The quantitative estimate of drug-likeness (QED) is 0.338. The smallest absolute Gasteiger partial charge is 0.417 e. The number of allylic oxidation sites excluding steroid dienone is 1. The van der Waals surface area contributed by atoms with E-state index in [2.05, 4.69) is 16.1 Å². The highest BCUT2D eigenvalue weighted by atomic mass is 19.4. The summed E-state index contributed by atoms with van der Waals surface area (Å²) in [6.45, 7) is 8.29. The predicted molar refractivity (Wildman–Crippen MR) is 114 cm³/mol. The van der Waals surface area contributed by atoms with Crippen molar-refractivity contribution in [1.29, 1.82) is 0 Å². The molecule has 0 saturated heterocycles. The minimum atomic E-state index is -4.53. The van der Waals surface area contributed by atoms with Crippen molar-refractivity contribution in [1.82, 2.24) is 0 Å². The summed E-state index contributed by atoms with van der Waals surface area (Å²) in [7, 11) is 2.24. The summed E-state index contributed by atoms with van der Waals surface area (Å²) in [5, 5.41) is 0. The Bertz CT molecular complexity index is 1050. The van der Waals surface area contributed by atoms with Crippen LogP contribution in [0.15, 0.2) is 43.0 Å². The molecule has 0 spiro atoms. The largest absolute Gasteiger partial charge is 0.465 e. The molecule has 0 aromatic heterocycles. The highest BCUT2D eigenvalue weighted by Crippen LogP contribution is 2.36. The van der Waals surface area contributed by atoms with Crippen molar-refractivity contribution in [2.24, 2.45) is 0 Å². The zero-order valence-electron chi connectivity index (χ0n) is 19.1. The fourth-order valence-electron chi connectivity index (χ4n) is 2.95. The molecule has 10 heteroatoms. The van der Waals surface area contributed by atoms with E-state index in [1.54, 1.807) is 13.8 Å². The van der Waals surface area contributed by atoms with Gasteiger partial charge in [-0.2, -0.15) is 26.3 Å². The molecule has 4 nitrogen and oxygen atoms in total. The number of hydrogen-bond donors (Lipinski definition) is 0. The number of esters is 2. The Balaban J connectivity index is 0.000000340. The van der Waals surface area contributed by atoms with Crippen LogP contribution in [0.3, 0.4) is 0 Å². The van der Waals surface area contributed by atoms with Gasteiger partial charge in [-0.15, -0.1) is 0 Å². The maximum Gasteiger partial charge on any atom is 0.417 e.